The summed E-state index contributed by atoms with van der Waals surface area (Å²) in [6.45, 7) is 1.50. The normalized spacial score (nSPS) is 14.3. The largest absolute Gasteiger partial charge is 0.339 e. The molecule has 2 N–H and O–H groups in total. The van der Waals surface area contributed by atoms with Crippen molar-refractivity contribution < 1.29 is 14.8 Å². The van der Waals surface area contributed by atoms with Gasteiger partial charge < -0.3 is 4.90 Å². The molecule has 0 atom stereocenters. The summed E-state index contributed by atoms with van der Waals surface area (Å²) in [5, 5.41) is 9.89. The summed E-state index contributed by atoms with van der Waals surface area (Å²) < 4.78 is 1.57. The Labute approximate surface area is 198 Å². The van der Waals surface area contributed by atoms with E-state index in [0.29, 0.717) is 28.2 Å². The maximum Gasteiger partial charge on any atom is 0.262 e. The molecule has 1 saturated heterocycles. The standard InChI is InChI=1S/C28H27N3O3/c32-27(30-15-12-21(13-16-30)18-20-4-2-1-3-5-20)24-7-6-22-14-17-31(26(22)19-24)28(33)23-8-10-25(29-34)11-9-23/h1-11,14,17,19,21,29,34H,12-13,15-16,18H2. The molecule has 4 aromatic rings. The van der Waals surface area contributed by atoms with Crippen molar-refractivity contribution in [3.05, 3.63) is 102 Å². The summed E-state index contributed by atoms with van der Waals surface area (Å²) in [4.78, 5) is 28.3. The highest BCUT2D eigenvalue weighted by Crippen LogP contribution is 2.25. The Balaban J connectivity index is 1.30. The first kappa shape index (κ1) is 21.9. The molecule has 1 aliphatic rings. The van der Waals surface area contributed by atoms with E-state index in [9.17, 15) is 9.59 Å². The van der Waals surface area contributed by atoms with Crippen LogP contribution in [0.1, 0.15) is 39.1 Å². The van der Waals surface area contributed by atoms with Crippen molar-refractivity contribution in [3.63, 3.8) is 0 Å². The third-order valence-electron chi connectivity index (χ3n) is 6.69. The lowest BCUT2D eigenvalue weighted by Crippen LogP contribution is -2.38. The molecule has 6 heteroatoms. The second-order valence-electron chi connectivity index (χ2n) is 8.88. The van der Waals surface area contributed by atoms with E-state index in [1.807, 2.05) is 35.2 Å². The molecular weight excluding hydrogens is 426 g/mol. The maximum atomic E-state index is 13.3. The number of nitrogens with one attached hydrogen (secondary N) is 1. The van der Waals surface area contributed by atoms with Crippen molar-refractivity contribution in [1.29, 1.82) is 0 Å². The van der Waals surface area contributed by atoms with Crippen LogP contribution in [0.3, 0.4) is 0 Å². The summed E-state index contributed by atoms with van der Waals surface area (Å²) in [5.41, 5.74) is 5.72. The highest BCUT2D eigenvalue weighted by Gasteiger charge is 2.24. The molecule has 0 bridgehead atoms. The fourth-order valence-electron chi connectivity index (χ4n) is 4.74. The average molecular weight is 454 g/mol. The van der Waals surface area contributed by atoms with Crippen LogP contribution in [0.5, 0.6) is 0 Å². The molecule has 1 amide bonds. The molecule has 1 aliphatic heterocycles. The lowest BCUT2D eigenvalue weighted by atomic mass is 9.90. The number of amides is 1. The number of fused-ring (bicyclic) bond motifs is 1. The molecule has 1 aromatic heterocycles. The van der Waals surface area contributed by atoms with Crippen LogP contribution >= 0.6 is 0 Å². The topological polar surface area (TPSA) is 74.6 Å². The monoisotopic (exact) mass is 453 g/mol. The van der Waals surface area contributed by atoms with E-state index >= 15 is 0 Å². The van der Waals surface area contributed by atoms with Crippen LogP contribution in [0.15, 0.2) is 85.1 Å². The lowest BCUT2D eigenvalue weighted by Gasteiger charge is -2.32. The molecule has 2 heterocycles. The predicted molar refractivity (Wildman–Crippen MR) is 132 cm³/mol. The van der Waals surface area contributed by atoms with Crippen LogP contribution in [-0.2, 0) is 6.42 Å². The van der Waals surface area contributed by atoms with E-state index in [2.05, 4.69) is 29.7 Å². The van der Waals surface area contributed by atoms with Gasteiger partial charge >= 0.3 is 0 Å². The Morgan fingerprint density at radius 1 is 0.853 bits per heavy atom. The fourth-order valence-corrected chi connectivity index (χ4v) is 4.74. The second kappa shape index (κ2) is 9.53. The number of nitrogens with zero attached hydrogens (tertiary/aromatic N) is 2. The van der Waals surface area contributed by atoms with E-state index in [4.69, 9.17) is 5.21 Å². The quantitative estimate of drug-likeness (QED) is 0.406. The zero-order valence-corrected chi connectivity index (χ0v) is 18.9. The smallest absolute Gasteiger partial charge is 0.262 e. The minimum atomic E-state index is -0.189. The zero-order chi connectivity index (χ0) is 23.5. The number of rotatable bonds is 5. The third kappa shape index (κ3) is 4.45. The summed E-state index contributed by atoms with van der Waals surface area (Å²) in [7, 11) is 0. The van der Waals surface area contributed by atoms with Crippen LogP contribution in [-0.4, -0.2) is 39.6 Å². The van der Waals surface area contributed by atoms with Crippen molar-refractivity contribution in [1.82, 2.24) is 9.47 Å². The lowest BCUT2D eigenvalue weighted by molar-refractivity contribution is 0.0690. The first-order valence-electron chi connectivity index (χ1n) is 11.6. The van der Waals surface area contributed by atoms with Gasteiger partial charge in [-0.1, -0.05) is 36.4 Å². The Bertz CT molecular complexity index is 1300. The first-order valence-corrected chi connectivity index (χ1v) is 11.6. The molecule has 5 rings (SSSR count). The number of carbonyl (C=O) groups excluding carboxylic acids is 2. The van der Waals surface area contributed by atoms with Gasteiger partial charge in [-0.05, 0) is 73.2 Å². The highest BCUT2D eigenvalue weighted by molar-refractivity contribution is 6.04. The van der Waals surface area contributed by atoms with Gasteiger partial charge in [-0.25, -0.2) is 0 Å². The molecule has 0 unspecified atom stereocenters. The number of carbonyl (C=O) groups is 2. The van der Waals surface area contributed by atoms with Crippen molar-refractivity contribution in [2.75, 3.05) is 18.6 Å². The summed E-state index contributed by atoms with van der Waals surface area (Å²) in [6.07, 6.45) is 4.78. The highest BCUT2D eigenvalue weighted by atomic mass is 16.5. The second-order valence-corrected chi connectivity index (χ2v) is 8.88. The molecule has 0 aliphatic carbocycles. The van der Waals surface area contributed by atoms with Crippen LogP contribution in [0.4, 0.5) is 5.69 Å². The molecule has 3 aromatic carbocycles. The van der Waals surface area contributed by atoms with Crippen LogP contribution in [0.25, 0.3) is 10.9 Å². The van der Waals surface area contributed by atoms with Crippen molar-refractivity contribution >= 4 is 28.4 Å². The van der Waals surface area contributed by atoms with E-state index < -0.39 is 0 Å². The minimum absolute atomic E-state index is 0.0126. The van der Waals surface area contributed by atoms with E-state index in [1.165, 1.54) is 5.56 Å². The SMILES string of the molecule is O=C(c1ccc2ccn(C(=O)c3ccc(NO)cc3)c2c1)N1CCC(Cc2ccccc2)CC1. The van der Waals surface area contributed by atoms with Crippen LogP contribution in [0.2, 0.25) is 0 Å². The van der Waals surface area contributed by atoms with Gasteiger partial charge in [0.1, 0.15) is 0 Å². The Hall–Kier alpha value is -3.90. The third-order valence-corrected chi connectivity index (χ3v) is 6.69. The van der Waals surface area contributed by atoms with Crippen LogP contribution < -0.4 is 5.48 Å². The van der Waals surface area contributed by atoms with Crippen molar-refractivity contribution in [2.45, 2.75) is 19.3 Å². The maximum absolute atomic E-state index is 13.3. The van der Waals surface area contributed by atoms with E-state index in [-0.39, 0.29) is 11.8 Å². The molecule has 0 spiro atoms. The van der Waals surface area contributed by atoms with E-state index in [1.54, 1.807) is 35.0 Å². The number of piperidine rings is 1. The van der Waals surface area contributed by atoms with E-state index in [0.717, 1.165) is 37.7 Å². The first-order chi connectivity index (χ1) is 16.6. The van der Waals surface area contributed by atoms with Gasteiger partial charge in [0.25, 0.3) is 11.8 Å². The number of aromatic nitrogens is 1. The molecule has 34 heavy (non-hydrogen) atoms. The van der Waals surface area contributed by atoms with Gasteiger partial charge in [0.15, 0.2) is 0 Å². The van der Waals surface area contributed by atoms with Gasteiger partial charge in [-0.2, -0.15) is 0 Å². The molecule has 0 saturated carbocycles. The van der Waals surface area contributed by atoms with Crippen molar-refractivity contribution in [2.24, 2.45) is 5.92 Å². The number of hydrogen-bond donors (Lipinski definition) is 2. The van der Waals surface area contributed by atoms with Gasteiger partial charge in [-0.3, -0.25) is 24.8 Å². The fraction of sp³-hybridized carbons (Fsp3) is 0.214. The number of likely N-dealkylation sites (tertiary alicyclic amines) is 1. The van der Waals surface area contributed by atoms with Crippen LogP contribution in [0, 0.1) is 5.92 Å². The molecule has 0 radical (unpaired) electrons. The number of hydrogen-bond acceptors (Lipinski definition) is 4. The molecule has 6 nitrogen and oxygen atoms in total. The number of anilines is 1. The summed E-state index contributed by atoms with van der Waals surface area (Å²) in [5.74, 6) is 0.417. The van der Waals surface area contributed by atoms with Gasteiger partial charge in [0.05, 0.1) is 11.2 Å². The average Bonchev–Trinajstić information content (AvgIpc) is 3.32. The zero-order valence-electron chi connectivity index (χ0n) is 18.9. The minimum Gasteiger partial charge on any atom is -0.339 e. The Kier molecular flexibility index (Phi) is 6.14. The Morgan fingerprint density at radius 3 is 2.26 bits per heavy atom. The van der Waals surface area contributed by atoms with Crippen molar-refractivity contribution in [3.8, 4) is 0 Å². The molecule has 1 fully saturated rings. The summed E-state index contributed by atoms with van der Waals surface area (Å²) >= 11 is 0. The van der Waals surface area contributed by atoms with Gasteiger partial charge in [0, 0.05) is 35.8 Å². The summed E-state index contributed by atoms with van der Waals surface area (Å²) in [6, 6.07) is 24.5. The van der Waals surface area contributed by atoms with Gasteiger partial charge in [-0.15, -0.1) is 0 Å². The Morgan fingerprint density at radius 2 is 1.56 bits per heavy atom. The van der Waals surface area contributed by atoms with Gasteiger partial charge in [0.2, 0.25) is 0 Å². The predicted octanol–water partition coefficient (Wildman–Crippen LogP) is 5.23. The number of benzene rings is 3. The molecule has 172 valence electrons. The molecular formula is C28H27N3O3.